The van der Waals surface area contributed by atoms with Crippen LogP contribution in [0.4, 0.5) is 10.5 Å². The van der Waals surface area contributed by atoms with Gasteiger partial charge in [0.25, 0.3) is 11.1 Å². The number of thioether (sulfide) groups is 1. The molecule has 6 nitrogen and oxygen atoms in total. The maximum atomic E-state index is 12.7. The van der Waals surface area contributed by atoms with Crippen molar-refractivity contribution in [2.75, 3.05) is 24.6 Å². The van der Waals surface area contributed by atoms with Crippen molar-refractivity contribution in [3.8, 4) is 0 Å². The lowest BCUT2D eigenvalue weighted by Gasteiger charge is -2.47. The summed E-state index contributed by atoms with van der Waals surface area (Å²) in [4.78, 5) is 40.4. The van der Waals surface area contributed by atoms with Crippen LogP contribution >= 0.6 is 11.8 Å². The number of benzene rings is 1. The van der Waals surface area contributed by atoms with Crippen molar-refractivity contribution in [2.24, 2.45) is 0 Å². The Morgan fingerprint density at radius 1 is 1.30 bits per heavy atom. The van der Waals surface area contributed by atoms with Gasteiger partial charge in [-0.1, -0.05) is 6.92 Å². The van der Waals surface area contributed by atoms with Gasteiger partial charge in [0.15, 0.2) is 0 Å². The van der Waals surface area contributed by atoms with Crippen LogP contribution < -0.4 is 4.90 Å². The first-order valence-corrected chi connectivity index (χ1v) is 11.2. The van der Waals surface area contributed by atoms with Gasteiger partial charge in [-0.15, -0.1) is 0 Å². The summed E-state index contributed by atoms with van der Waals surface area (Å²) in [6.07, 6.45) is 2.82. The van der Waals surface area contributed by atoms with Crippen LogP contribution in [-0.2, 0) is 14.3 Å². The molecule has 0 radical (unpaired) electrons. The molecule has 2 heterocycles. The molecule has 1 atom stereocenters. The number of fused-ring (bicyclic) bond motifs is 1. The second-order valence-electron chi connectivity index (χ2n) is 8.50. The zero-order valence-corrected chi connectivity index (χ0v) is 19.4. The number of imide groups is 1. The van der Waals surface area contributed by atoms with Gasteiger partial charge in [-0.25, -0.2) is 0 Å². The molecule has 0 aliphatic carbocycles. The first-order chi connectivity index (χ1) is 14.1. The van der Waals surface area contributed by atoms with Crippen molar-refractivity contribution in [3.63, 3.8) is 0 Å². The number of aryl methyl sites for hydroxylation is 1. The fraction of sp³-hybridized carbons (Fsp3) is 0.522. The van der Waals surface area contributed by atoms with Gasteiger partial charge in [0, 0.05) is 17.8 Å². The largest absolute Gasteiger partial charge is 0.465 e. The second kappa shape index (κ2) is 8.46. The van der Waals surface area contributed by atoms with Gasteiger partial charge < -0.3 is 9.64 Å². The molecule has 0 N–H and O–H groups in total. The Morgan fingerprint density at radius 3 is 2.63 bits per heavy atom. The van der Waals surface area contributed by atoms with Crippen LogP contribution in [0.25, 0.3) is 6.08 Å². The van der Waals surface area contributed by atoms with E-state index >= 15 is 0 Å². The smallest absolute Gasteiger partial charge is 0.326 e. The molecule has 162 valence electrons. The van der Waals surface area contributed by atoms with Gasteiger partial charge in [0.2, 0.25) is 0 Å². The van der Waals surface area contributed by atoms with Crippen LogP contribution in [0.15, 0.2) is 17.0 Å². The number of rotatable bonds is 5. The lowest BCUT2D eigenvalue weighted by molar-refractivity contribution is -0.145. The third kappa shape index (κ3) is 4.13. The number of esters is 1. The summed E-state index contributed by atoms with van der Waals surface area (Å²) in [6, 6.07) is 4.33. The molecular formula is C23H30N2O4S. The number of anilines is 1. The van der Waals surface area contributed by atoms with Crippen LogP contribution in [-0.4, -0.2) is 47.3 Å². The number of ether oxygens (including phenoxy) is 1. The van der Waals surface area contributed by atoms with Crippen LogP contribution in [0.1, 0.15) is 63.6 Å². The molecule has 1 saturated heterocycles. The van der Waals surface area contributed by atoms with E-state index in [1.807, 2.05) is 6.92 Å². The molecule has 30 heavy (non-hydrogen) atoms. The Kier molecular flexibility index (Phi) is 6.32. The van der Waals surface area contributed by atoms with Crippen LogP contribution in [0.3, 0.4) is 0 Å². The van der Waals surface area contributed by atoms with Crippen LogP contribution in [0.2, 0.25) is 0 Å². The first kappa shape index (κ1) is 22.4. The average molecular weight is 431 g/mol. The number of amides is 2. The average Bonchev–Trinajstić information content (AvgIpc) is 2.90. The van der Waals surface area contributed by atoms with Crippen molar-refractivity contribution in [2.45, 2.75) is 59.4 Å². The number of hydrogen-bond donors (Lipinski definition) is 0. The number of carbonyl (C=O) groups excluding carboxylic acids is 3. The summed E-state index contributed by atoms with van der Waals surface area (Å²) < 4.78 is 4.87. The SMILES string of the molecule is CCOC(=O)CN1C(=O)S/C(=C\c2cc3c(cc2C)N(CC)C(C)(C)CC3C)C1=O. The molecule has 7 heteroatoms. The highest BCUT2D eigenvalue weighted by Crippen LogP contribution is 2.44. The number of carbonyl (C=O) groups is 3. The minimum atomic E-state index is -0.581. The van der Waals surface area contributed by atoms with E-state index in [9.17, 15) is 14.4 Å². The van der Waals surface area contributed by atoms with E-state index in [0.717, 1.165) is 40.8 Å². The van der Waals surface area contributed by atoms with Crippen molar-refractivity contribution >= 4 is 40.6 Å². The molecule has 0 saturated carbocycles. The highest BCUT2D eigenvalue weighted by Gasteiger charge is 2.38. The van der Waals surface area contributed by atoms with Crippen molar-refractivity contribution in [1.29, 1.82) is 0 Å². The van der Waals surface area contributed by atoms with Gasteiger partial charge in [-0.3, -0.25) is 19.3 Å². The molecule has 1 unspecified atom stereocenters. The maximum Gasteiger partial charge on any atom is 0.326 e. The molecular weight excluding hydrogens is 400 g/mol. The summed E-state index contributed by atoms with van der Waals surface area (Å²) in [5.41, 5.74) is 4.57. The van der Waals surface area contributed by atoms with E-state index in [0.29, 0.717) is 10.8 Å². The third-order valence-electron chi connectivity index (χ3n) is 5.84. The fourth-order valence-electron chi connectivity index (χ4n) is 4.52. The van der Waals surface area contributed by atoms with E-state index in [-0.39, 0.29) is 18.7 Å². The third-order valence-corrected chi connectivity index (χ3v) is 6.75. The Hall–Kier alpha value is -2.28. The van der Waals surface area contributed by atoms with E-state index in [4.69, 9.17) is 4.74 Å². The summed E-state index contributed by atoms with van der Waals surface area (Å²) in [7, 11) is 0. The molecule has 2 aliphatic rings. The number of nitrogens with zero attached hydrogens (tertiary/aromatic N) is 2. The van der Waals surface area contributed by atoms with E-state index in [1.54, 1.807) is 13.0 Å². The summed E-state index contributed by atoms with van der Waals surface area (Å²) in [6.45, 7) is 13.5. The van der Waals surface area contributed by atoms with Crippen molar-refractivity contribution < 1.29 is 19.1 Å². The zero-order chi connectivity index (χ0) is 22.2. The molecule has 1 fully saturated rings. The predicted octanol–water partition coefficient (Wildman–Crippen LogP) is 4.71. The highest BCUT2D eigenvalue weighted by molar-refractivity contribution is 8.18. The Balaban J connectivity index is 1.94. The Bertz CT molecular complexity index is 922. The quantitative estimate of drug-likeness (QED) is 0.498. The molecule has 0 bridgehead atoms. The second-order valence-corrected chi connectivity index (χ2v) is 9.50. The fourth-order valence-corrected chi connectivity index (χ4v) is 5.35. The van der Waals surface area contributed by atoms with Crippen LogP contribution in [0.5, 0.6) is 0 Å². The topological polar surface area (TPSA) is 66.9 Å². The zero-order valence-electron chi connectivity index (χ0n) is 18.6. The molecule has 0 aromatic heterocycles. The normalized spacial score (nSPS) is 21.9. The van der Waals surface area contributed by atoms with Gasteiger partial charge >= 0.3 is 5.97 Å². The molecule has 2 amide bonds. The Labute approximate surface area is 182 Å². The van der Waals surface area contributed by atoms with E-state index < -0.39 is 17.1 Å². The minimum Gasteiger partial charge on any atom is -0.465 e. The lowest BCUT2D eigenvalue weighted by atomic mass is 9.79. The minimum absolute atomic E-state index is 0.0882. The van der Waals surface area contributed by atoms with Gasteiger partial charge in [-0.05, 0) is 93.6 Å². The van der Waals surface area contributed by atoms with Gasteiger partial charge in [0.05, 0.1) is 11.5 Å². The van der Waals surface area contributed by atoms with Crippen LogP contribution in [0, 0.1) is 6.92 Å². The summed E-state index contributed by atoms with van der Waals surface area (Å²) >= 11 is 0.869. The van der Waals surface area contributed by atoms with Crippen molar-refractivity contribution in [1.82, 2.24) is 4.90 Å². The monoisotopic (exact) mass is 430 g/mol. The standard InChI is InChI=1S/C23H30N2O4S/c1-7-25-18-9-14(3)16(10-17(18)15(4)12-23(25,5)6)11-19-21(27)24(22(28)30-19)13-20(26)29-8-2/h9-11,15H,7-8,12-13H2,1-6H3/b19-11-. The van der Waals surface area contributed by atoms with E-state index in [2.05, 4.69) is 44.7 Å². The first-order valence-electron chi connectivity index (χ1n) is 10.4. The molecule has 1 aromatic carbocycles. The lowest BCUT2D eigenvalue weighted by Crippen LogP contribution is -2.48. The molecule has 1 aromatic rings. The molecule has 0 spiro atoms. The highest BCUT2D eigenvalue weighted by atomic mass is 32.2. The van der Waals surface area contributed by atoms with Gasteiger partial charge in [0.1, 0.15) is 6.54 Å². The summed E-state index contributed by atoms with van der Waals surface area (Å²) in [5, 5.41) is -0.442. The van der Waals surface area contributed by atoms with Gasteiger partial charge in [-0.2, -0.15) is 0 Å². The Morgan fingerprint density at radius 2 is 2.00 bits per heavy atom. The predicted molar refractivity (Wildman–Crippen MR) is 121 cm³/mol. The molecule has 2 aliphatic heterocycles. The number of hydrogen-bond acceptors (Lipinski definition) is 6. The van der Waals surface area contributed by atoms with E-state index in [1.165, 1.54) is 11.3 Å². The summed E-state index contributed by atoms with van der Waals surface area (Å²) in [5.74, 6) is -0.633. The maximum absolute atomic E-state index is 12.7. The van der Waals surface area contributed by atoms with Crippen molar-refractivity contribution in [3.05, 3.63) is 33.7 Å². The molecule has 3 rings (SSSR count).